The number of hydrogen-bond donors (Lipinski definition) is 2. The summed E-state index contributed by atoms with van der Waals surface area (Å²) in [6.45, 7) is 1.92. The van der Waals surface area contributed by atoms with Gasteiger partial charge in [-0.05, 0) is 53.2 Å². The number of pyridine rings is 1. The molecule has 0 spiro atoms. The molecule has 2 rings (SSSR count). The fourth-order valence-electron chi connectivity index (χ4n) is 1.57. The van der Waals surface area contributed by atoms with E-state index in [0.29, 0.717) is 10.8 Å². The maximum Gasteiger partial charge on any atom is 0.140 e. The number of thiocarbonyl (C=S) groups is 1. The Balaban J connectivity index is 2.45. The molecule has 1 aromatic heterocycles. The Morgan fingerprint density at radius 3 is 2.68 bits per heavy atom. The predicted octanol–water partition coefficient (Wildman–Crippen LogP) is 4.29. The molecule has 2 aromatic rings. The van der Waals surface area contributed by atoms with Crippen molar-refractivity contribution in [1.82, 2.24) is 4.98 Å². The predicted molar refractivity (Wildman–Crippen MR) is 90.0 cm³/mol. The third kappa shape index (κ3) is 3.52. The number of halogens is 2. The molecule has 0 aliphatic rings. The van der Waals surface area contributed by atoms with Crippen LogP contribution in [0.25, 0.3) is 0 Å². The van der Waals surface area contributed by atoms with Gasteiger partial charge in [0.25, 0.3) is 0 Å². The van der Waals surface area contributed by atoms with Crippen molar-refractivity contribution < 1.29 is 0 Å². The third-order valence-corrected chi connectivity index (χ3v) is 3.89. The van der Waals surface area contributed by atoms with E-state index in [4.69, 9.17) is 18.0 Å². The van der Waals surface area contributed by atoms with Crippen molar-refractivity contribution in [3.05, 3.63) is 50.5 Å². The van der Waals surface area contributed by atoms with Crippen LogP contribution in [0.2, 0.25) is 0 Å². The lowest BCUT2D eigenvalue weighted by atomic mass is 10.2. The first-order chi connectivity index (χ1) is 8.97. The number of hydrogen-bond acceptors (Lipinski definition) is 3. The lowest BCUT2D eigenvalue weighted by Gasteiger charge is -2.12. The molecule has 0 aliphatic carbocycles. The second-order valence-corrected chi connectivity index (χ2v) is 6.17. The zero-order valence-electron chi connectivity index (χ0n) is 10.1. The van der Waals surface area contributed by atoms with Crippen molar-refractivity contribution in [3.63, 3.8) is 0 Å². The van der Waals surface area contributed by atoms with Crippen LogP contribution >= 0.6 is 44.1 Å². The molecule has 3 N–H and O–H groups in total. The molecule has 0 atom stereocenters. The normalized spacial score (nSPS) is 10.3. The van der Waals surface area contributed by atoms with Crippen LogP contribution in [-0.4, -0.2) is 9.97 Å². The molecule has 0 saturated heterocycles. The Morgan fingerprint density at radius 2 is 2.00 bits per heavy atom. The van der Waals surface area contributed by atoms with Crippen LogP contribution in [0.1, 0.15) is 11.3 Å². The fourth-order valence-corrected chi connectivity index (χ4v) is 2.44. The maximum absolute atomic E-state index is 5.72. The molecule has 0 saturated carbocycles. The van der Waals surface area contributed by atoms with Gasteiger partial charge in [-0.2, -0.15) is 0 Å². The van der Waals surface area contributed by atoms with Crippen molar-refractivity contribution in [3.8, 4) is 0 Å². The minimum Gasteiger partial charge on any atom is -0.389 e. The largest absolute Gasteiger partial charge is 0.389 e. The monoisotopic (exact) mass is 399 g/mol. The van der Waals surface area contributed by atoms with Gasteiger partial charge < -0.3 is 11.1 Å². The number of nitrogens with two attached hydrogens (primary N) is 1. The molecule has 0 amide bonds. The van der Waals surface area contributed by atoms with E-state index in [2.05, 4.69) is 42.2 Å². The first-order valence-electron chi connectivity index (χ1n) is 5.47. The number of benzene rings is 1. The molecular formula is C13H11Br2N3S. The SMILES string of the molecule is Cc1ccc(C(N)=S)c(Nc2cc(Br)ccc2Br)n1. The first kappa shape index (κ1) is 14.4. The summed E-state index contributed by atoms with van der Waals surface area (Å²) >= 11 is 12.0. The van der Waals surface area contributed by atoms with Crippen molar-refractivity contribution in [1.29, 1.82) is 0 Å². The minimum absolute atomic E-state index is 0.320. The molecule has 3 nitrogen and oxygen atoms in total. The van der Waals surface area contributed by atoms with Gasteiger partial charge in [0.2, 0.25) is 0 Å². The topological polar surface area (TPSA) is 50.9 Å². The highest BCUT2D eigenvalue weighted by molar-refractivity contribution is 9.11. The second kappa shape index (κ2) is 5.98. The molecule has 98 valence electrons. The Morgan fingerprint density at radius 1 is 1.26 bits per heavy atom. The summed E-state index contributed by atoms with van der Waals surface area (Å²) < 4.78 is 1.91. The molecule has 0 fully saturated rings. The average Bonchev–Trinajstić information content (AvgIpc) is 2.33. The molecule has 1 heterocycles. The summed E-state index contributed by atoms with van der Waals surface area (Å²) in [5.74, 6) is 0.659. The van der Waals surface area contributed by atoms with Crippen molar-refractivity contribution in [2.45, 2.75) is 6.92 Å². The van der Waals surface area contributed by atoms with Gasteiger partial charge in [0, 0.05) is 14.6 Å². The van der Waals surface area contributed by atoms with Crippen LogP contribution in [0.5, 0.6) is 0 Å². The van der Waals surface area contributed by atoms with E-state index >= 15 is 0 Å². The van der Waals surface area contributed by atoms with E-state index in [-0.39, 0.29) is 0 Å². The highest BCUT2D eigenvalue weighted by Gasteiger charge is 2.09. The van der Waals surface area contributed by atoms with Gasteiger partial charge in [0.15, 0.2) is 0 Å². The van der Waals surface area contributed by atoms with Gasteiger partial charge in [-0.15, -0.1) is 0 Å². The number of rotatable bonds is 3. The minimum atomic E-state index is 0.320. The molecule has 0 unspecified atom stereocenters. The molecule has 0 bridgehead atoms. The van der Waals surface area contributed by atoms with Crippen LogP contribution in [0, 0.1) is 6.92 Å². The second-order valence-electron chi connectivity index (χ2n) is 3.96. The first-order valence-corrected chi connectivity index (χ1v) is 7.46. The summed E-state index contributed by atoms with van der Waals surface area (Å²) in [6, 6.07) is 9.61. The molecule has 1 aromatic carbocycles. The Hall–Kier alpha value is -0.980. The number of aromatic nitrogens is 1. The highest BCUT2D eigenvalue weighted by atomic mass is 79.9. The van der Waals surface area contributed by atoms with Crippen molar-refractivity contribution in [2.24, 2.45) is 5.73 Å². The number of aryl methyl sites for hydroxylation is 1. The van der Waals surface area contributed by atoms with Crippen molar-refractivity contribution >= 4 is 60.6 Å². The molecular weight excluding hydrogens is 390 g/mol. The smallest absolute Gasteiger partial charge is 0.140 e. The van der Waals surface area contributed by atoms with Crippen LogP contribution in [0.3, 0.4) is 0 Å². The number of nitrogens with zero attached hydrogens (tertiary/aromatic N) is 1. The zero-order chi connectivity index (χ0) is 14.0. The van der Waals surface area contributed by atoms with E-state index in [0.717, 1.165) is 25.9 Å². The van der Waals surface area contributed by atoms with Gasteiger partial charge in [-0.3, -0.25) is 0 Å². The highest BCUT2D eigenvalue weighted by Crippen LogP contribution is 2.29. The van der Waals surface area contributed by atoms with E-state index in [1.54, 1.807) is 0 Å². The van der Waals surface area contributed by atoms with Crippen LogP contribution in [0.4, 0.5) is 11.5 Å². The zero-order valence-corrected chi connectivity index (χ0v) is 14.1. The maximum atomic E-state index is 5.72. The van der Waals surface area contributed by atoms with Gasteiger partial charge in [-0.25, -0.2) is 4.98 Å². The summed E-state index contributed by atoms with van der Waals surface area (Å²) in [5, 5.41) is 3.25. The van der Waals surface area contributed by atoms with Crippen molar-refractivity contribution in [2.75, 3.05) is 5.32 Å². The summed E-state index contributed by atoms with van der Waals surface area (Å²) in [6.07, 6.45) is 0. The van der Waals surface area contributed by atoms with Gasteiger partial charge >= 0.3 is 0 Å². The Kier molecular flexibility index (Phi) is 4.54. The van der Waals surface area contributed by atoms with Gasteiger partial charge in [0.05, 0.1) is 11.3 Å². The summed E-state index contributed by atoms with van der Waals surface area (Å²) in [7, 11) is 0. The molecule has 19 heavy (non-hydrogen) atoms. The Bertz CT molecular complexity index is 644. The number of anilines is 2. The molecule has 0 aliphatic heterocycles. The van der Waals surface area contributed by atoms with Gasteiger partial charge in [-0.1, -0.05) is 28.1 Å². The molecule has 0 radical (unpaired) electrons. The van der Waals surface area contributed by atoms with E-state index in [1.165, 1.54) is 0 Å². The third-order valence-electron chi connectivity index (χ3n) is 2.48. The van der Waals surface area contributed by atoms with E-state index in [9.17, 15) is 0 Å². The van der Waals surface area contributed by atoms with Crippen LogP contribution in [-0.2, 0) is 0 Å². The lowest BCUT2D eigenvalue weighted by Crippen LogP contribution is -2.13. The van der Waals surface area contributed by atoms with Crippen LogP contribution < -0.4 is 11.1 Å². The lowest BCUT2D eigenvalue weighted by molar-refractivity contribution is 1.19. The fraction of sp³-hybridized carbons (Fsp3) is 0.0769. The van der Waals surface area contributed by atoms with E-state index in [1.807, 2.05) is 37.3 Å². The van der Waals surface area contributed by atoms with E-state index < -0.39 is 0 Å². The number of nitrogens with one attached hydrogen (secondary N) is 1. The molecule has 6 heteroatoms. The summed E-state index contributed by atoms with van der Waals surface area (Å²) in [5.41, 5.74) is 8.24. The standard InChI is InChI=1S/C13H11Br2N3S/c1-7-2-4-9(12(16)19)13(17-7)18-11-6-8(14)3-5-10(11)15/h2-6H,1H3,(H2,16,19)(H,17,18). The van der Waals surface area contributed by atoms with Crippen LogP contribution in [0.15, 0.2) is 39.3 Å². The summed E-state index contributed by atoms with van der Waals surface area (Å²) in [4.78, 5) is 4.77. The Labute approximate surface area is 133 Å². The average molecular weight is 401 g/mol. The quantitative estimate of drug-likeness (QED) is 0.754. The van der Waals surface area contributed by atoms with Gasteiger partial charge in [0.1, 0.15) is 10.8 Å².